The van der Waals surface area contributed by atoms with Crippen molar-refractivity contribution in [2.45, 2.75) is 20.4 Å². The van der Waals surface area contributed by atoms with Crippen LogP contribution in [0.15, 0.2) is 22.7 Å². The zero-order valence-corrected chi connectivity index (χ0v) is 13.7. The van der Waals surface area contributed by atoms with Gasteiger partial charge in [-0.1, -0.05) is 47.4 Å². The maximum atomic E-state index is 5.93. The maximum Gasteiger partial charge on any atom is 0.0417 e. The molecular formula is C14H22BrClN2. The van der Waals surface area contributed by atoms with Crippen LogP contribution in [0, 0.1) is 5.92 Å². The van der Waals surface area contributed by atoms with E-state index >= 15 is 0 Å². The number of hydrogen-bond acceptors (Lipinski definition) is 2. The molecule has 2 nitrogen and oxygen atoms in total. The fourth-order valence-corrected chi connectivity index (χ4v) is 2.49. The van der Waals surface area contributed by atoms with Crippen LogP contribution in [0.1, 0.15) is 19.4 Å². The second kappa shape index (κ2) is 8.16. The summed E-state index contributed by atoms with van der Waals surface area (Å²) in [6, 6.07) is 5.96. The second-order valence-corrected chi connectivity index (χ2v) is 6.36. The number of benzene rings is 1. The SMILES string of the molecule is CC(C)CNCCN(C)Cc1ccc(Cl)cc1Br. The van der Waals surface area contributed by atoms with Crippen molar-refractivity contribution in [1.82, 2.24) is 10.2 Å². The Balaban J connectivity index is 2.33. The van der Waals surface area contributed by atoms with Crippen LogP contribution in [0.3, 0.4) is 0 Å². The Bertz CT molecular complexity index is 369. The summed E-state index contributed by atoms with van der Waals surface area (Å²) in [5.74, 6) is 0.709. The fraction of sp³-hybridized carbons (Fsp3) is 0.571. The molecule has 0 atom stereocenters. The van der Waals surface area contributed by atoms with E-state index in [0.717, 1.165) is 35.7 Å². The van der Waals surface area contributed by atoms with Crippen LogP contribution >= 0.6 is 27.5 Å². The molecule has 0 aliphatic heterocycles. The molecule has 0 bridgehead atoms. The number of nitrogens with zero attached hydrogens (tertiary/aromatic N) is 1. The van der Waals surface area contributed by atoms with Gasteiger partial charge in [0.25, 0.3) is 0 Å². The quantitative estimate of drug-likeness (QED) is 0.764. The highest BCUT2D eigenvalue weighted by Gasteiger charge is 2.04. The van der Waals surface area contributed by atoms with Crippen LogP contribution in [-0.2, 0) is 6.54 Å². The van der Waals surface area contributed by atoms with Gasteiger partial charge < -0.3 is 10.2 Å². The highest BCUT2D eigenvalue weighted by Crippen LogP contribution is 2.22. The van der Waals surface area contributed by atoms with E-state index in [-0.39, 0.29) is 0 Å². The average molecular weight is 334 g/mol. The topological polar surface area (TPSA) is 15.3 Å². The lowest BCUT2D eigenvalue weighted by molar-refractivity contribution is 0.321. The van der Waals surface area contributed by atoms with Crippen LogP contribution in [0.2, 0.25) is 5.02 Å². The van der Waals surface area contributed by atoms with Gasteiger partial charge in [-0.25, -0.2) is 0 Å². The molecule has 0 aliphatic rings. The normalized spacial score (nSPS) is 11.5. The Morgan fingerprint density at radius 3 is 2.72 bits per heavy atom. The maximum absolute atomic E-state index is 5.93. The molecule has 102 valence electrons. The molecule has 0 aliphatic carbocycles. The minimum Gasteiger partial charge on any atom is -0.315 e. The summed E-state index contributed by atoms with van der Waals surface area (Å²) in [6.07, 6.45) is 0. The van der Waals surface area contributed by atoms with Gasteiger partial charge in [0.1, 0.15) is 0 Å². The summed E-state index contributed by atoms with van der Waals surface area (Å²) in [5.41, 5.74) is 1.27. The minimum absolute atomic E-state index is 0.709. The molecule has 0 spiro atoms. The number of hydrogen-bond donors (Lipinski definition) is 1. The number of likely N-dealkylation sites (N-methyl/N-ethyl adjacent to an activating group) is 1. The van der Waals surface area contributed by atoms with Gasteiger partial charge in [-0.3, -0.25) is 0 Å². The van der Waals surface area contributed by atoms with E-state index in [9.17, 15) is 0 Å². The summed E-state index contributed by atoms with van der Waals surface area (Å²) in [4.78, 5) is 2.31. The third-order valence-corrected chi connectivity index (χ3v) is 3.65. The van der Waals surface area contributed by atoms with Crippen LogP contribution < -0.4 is 5.32 Å². The van der Waals surface area contributed by atoms with E-state index < -0.39 is 0 Å². The third-order valence-electron chi connectivity index (χ3n) is 2.68. The average Bonchev–Trinajstić information content (AvgIpc) is 2.28. The van der Waals surface area contributed by atoms with E-state index in [1.54, 1.807) is 0 Å². The van der Waals surface area contributed by atoms with Gasteiger partial charge in [0, 0.05) is 29.1 Å². The number of halogens is 2. The minimum atomic E-state index is 0.709. The van der Waals surface area contributed by atoms with Gasteiger partial charge in [-0.15, -0.1) is 0 Å². The van der Waals surface area contributed by atoms with E-state index in [1.807, 2.05) is 12.1 Å². The van der Waals surface area contributed by atoms with Crippen molar-refractivity contribution in [3.63, 3.8) is 0 Å². The first-order valence-corrected chi connectivity index (χ1v) is 7.49. The first kappa shape index (κ1) is 16.0. The van der Waals surface area contributed by atoms with E-state index in [0.29, 0.717) is 5.92 Å². The molecule has 0 saturated carbocycles. The molecule has 1 aromatic carbocycles. The second-order valence-electron chi connectivity index (χ2n) is 5.07. The summed E-state index contributed by atoms with van der Waals surface area (Å²) >= 11 is 9.48. The Labute approximate surface area is 124 Å². The van der Waals surface area contributed by atoms with Crippen molar-refractivity contribution in [2.24, 2.45) is 5.92 Å². The summed E-state index contributed by atoms with van der Waals surface area (Å²) in [6.45, 7) is 8.53. The van der Waals surface area contributed by atoms with Gasteiger partial charge in [-0.2, -0.15) is 0 Å². The van der Waals surface area contributed by atoms with Crippen LogP contribution in [0.4, 0.5) is 0 Å². The molecule has 1 rings (SSSR count). The van der Waals surface area contributed by atoms with Crippen molar-refractivity contribution in [2.75, 3.05) is 26.7 Å². The molecule has 18 heavy (non-hydrogen) atoms. The summed E-state index contributed by atoms with van der Waals surface area (Å²) in [5, 5.41) is 4.22. The standard InChI is InChI=1S/C14H22BrClN2/c1-11(2)9-17-6-7-18(3)10-12-4-5-13(16)8-14(12)15/h4-5,8,11,17H,6-7,9-10H2,1-3H3. The van der Waals surface area contributed by atoms with E-state index in [1.165, 1.54) is 5.56 Å². The van der Waals surface area contributed by atoms with E-state index in [4.69, 9.17) is 11.6 Å². The molecule has 0 amide bonds. The molecule has 0 radical (unpaired) electrons. The molecule has 0 unspecified atom stereocenters. The molecule has 1 N–H and O–H groups in total. The number of rotatable bonds is 7. The first-order valence-electron chi connectivity index (χ1n) is 6.32. The smallest absolute Gasteiger partial charge is 0.0417 e. The molecule has 4 heteroatoms. The van der Waals surface area contributed by atoms with Crippen LogP contribution in [0.5, 0.6) is 0 Å². The Morgan fingerprint density at radius 1 is 1.39 bits per heavy atom. The number of nitrogens with one attached hydrogen (secondary N) is 1. The third kappa shape index (κ3) is 6.19. The van der Waals surface area contributed by atoms with Gasteiger partial charge in [0.05, 0.1) is 0 Å². The highest BCUT2D eigenvalue weighted by atomic mass is 79.9. The van der Waals surface area contributed by atoms with Crippen molar-refractivity contribution in [3.8, 4) is 0 Å². The first-order chi connectivity index (χ1) is 8.49. The lowest BCUT2D eigenvalue weighted by Crippen LogP contribution is -2.30. The molecular weight excluding hydrogens is 312 g/mol. The summed E-state index contributed by atoms with van der Waals surface area (Å²) in [7, 11) is 2.14. The van der Waals surface area contributed by atoms with Crippen molar-refractivity contribution < 1.29 is 0 Å². The predicted octanol–water partition coefficient (Wildman–Crippen LogP) is 3.78. The Morgan fingerprint density at radius 2 is 2.11 bits per heavy atom. The zero-order valence-electron chi connectivity index (χ0n) is 11.3. The molecule has 0 fully saturated rings. The van der Waals surface area contributed by atoms with Gasteiger partial charge in [-0.05, 0) is 37.2 Å². The van der Waals surface area contributed by atoms with Crippen molar-refractivity contribution >= 4 is 27.5 Å². The van der Waals surface area contributed by atoms with Crippen molar-refractivity contribution in [1.29, 1.82) is 0 Å². The largest absolute Gasteiger partial charge is 0.315 e. The lowest BCUT2D eigenvalue weighted by atomic mass is 10.2. The zero-order chi connectivity index (χ0) is 13.5. The van der Waals surface area contributed by atoms with Crippen molar-refractivity contribution in [3.05, 3.63) is 33.3 Å². The predicted molar refractivity (Wildman–Crippen MR) is 83.2 cm³/mol. The molecule has 0 heterocycles. The van der Waals surface area contributed by atoms with Crippen LogP contribution in [0.25, 0.3) is 0 Å². The van der Waals surface area contributed by atoms with Gasteiger partial charge in [0.2, 0.25) is 0 Å². The Kier molecular flexibility index (Phi) is 7.23. The molecule has 0 saturated heterocycles. The Hall–Kier alpha value is -0.0900. The monoisotopic (exact) mass is 332 g/mol. The fourth-order valence-electron chi connectivity index (χ4n) is 1.68. The van der Waals surface area contributed by atoms with Gasteiger partial charge in [0.15, 0.2) is 0 Å². The molecule has 0 aromatic heterocycles. The van der Waals surface area contributed by atoms with E-state index in [2.05, 4.69) is 53.1 Å². The summed E-state index contributed by atoms with van der Waals surface area (Å²) < 4.78 is 1.08. The van der Waals surface area contributed by atoms with Crippen LogP contribution in [-0.4, -0.2) is 31.6 Å². The molecule has 1 aromatic rings. The lowest BCUT2D eigenvalue weighted by Gasteiger charge is -2.18. The van der Waals surface area contributed by atoms with Gasteiger partial charge >= 0.3 is 0 Å². The highest BCUT2D eigenvalue weighted by molar-refractivity contribution is 9.10.